The van der Waals surface area contributed by atoms with Gasteiger partial charge in [0.2, 0.25) is 0 Å². The number of hydrogen-bond donors (Lipinski definition) is 0. The molecule has 2 aromatic carbocycles. The van der Waals surface area contributed by atoms with Gasteiger partial charge < -0.3 is 0 Å². The van der Waals surface area contributed by atoms with Crippen molar-refractivity contribution in [2.75, 3.05) is 0 Å². The third-order valence-corrected chi connectivity index (χ3v) is 3.52. The van der Waals surface area contributed by atoms with Gasteiger partial charge in [0, 0.05) is 12.0 Å². The highest BCUT2D eigenvalue weighted by Crippen LogP contribution is 2.19. The fourth-order valence-corrected chi connectivity index (χ4v) is 2.48. The van der Waals surface area contributed by atoms with Crippen molar-refractivity contribution in [3.8, 4) is 0 Å². The molecule has 2 heteroatoms. The van der Waals surface area contributed by atoms with E-state index in [0.717, 1.165) is 14.7 Å². The van der Waals surface area contributed by atoms with Crippen LogP contribution in [0, 0.1) is 6.92 Å². The molecule has 0 saturated heterocycles. The van der Waals surface area contributed by atoms with Crippen LogP contribution < -0.4 is 0 Å². The number of ketones is 1. The van der Waals surface area contributed by atoms with Crippen molar-refractivity contribution < 1.29 is 4.79 Å². The average molecular weight is 362 g/mol. The third-order valence-electron chi connectivity index (χ3n) is 2.83. The molecule has 2 rings (SSSR count). The van der Waals surface area contributed by atoms with E-state index < -0.39 is 0 Å². The quantitative estimate of drug-likeness (QED) is 0.550. The first-order valence-corrected chi connectivity index (χ1v) is 7.24. The highest BCUT2D eigenvalue weighted by atomic mass is 127. The van der Waals surface area contributed by atoms with Gasteiger partial charge in [-0.1, -0.05) is 60.2 Å². The van der Waals surface area contributed by atoms with Crippen LogP contribution in [0.4, 0.5) is 0 Å². The van der Waals surface area contributed by atoms with Crippen molar-refractivity contribution in [1.29, 1.82) is 0 Å². The summed E-state index contributed by atoms with van der Waals surface area (Å²) in [7, 11) is 0. The van der Waals surface area contributed by atoms with Crippen molar-refractivity contribution in [2.45, 2.75) is 13.3 Å². The monoisotopic (exact) mass is 362 g/mol. The van der Waals surface area contributed by atoms with Crippen molar-refractivity contribution in [2.24, 2.45) is 0 Å². The molecule has 0 saturated carbocycles. The van der Waals surface area contributed by atoms with E-state index in [9.17, 15) is 4.79 Å². The summed E-state index contributed by atoms with van der Waals surface area (Å²) in [4.78, 5) is 12.1. The Morgan fingerprint density at radius 3 is 2.32 bits per heavy atom. The van der Waals surface area contributed by atoms with E-state index in [2.05, 4.69) is 22.6 Å². The van der Waals surface area contributed by atoms with Crippen molar-refractivity contribution in [1.82, 2.24) is 0 Å². The topological polar surface area (TPSA) is 17.1 Å². The number of benzene rings is 2. The first kappa shape index (κ1) is 14.0. The summed E-state index contributed by atoms with van der Waals surface area (Å²) >= 11 is 2.23. The number of rotatable bonds is 4. The van der Waals surface area contributed by atoms with Gasteiger partial charge in [0.05, 0.1) is 0 Å². The molecule has 0 aromatic heterocycles. The summed E-state index contributed by atoms with van der Waals surface area (Å²) in [6, 6.07) is 17.8. The van der Waals surface area contributed by atoms with Gasteiger partial charge in [-0.05, 0) is 44.7 Å². The van der Waals surface area contributed by atoms with Crippen molar-refractivity contribution >= 4 is 34.5 Å². The molecule has 0 bridgehead atoms. The minimum Gasteiger partial charge on any atom is -0.294 e. The van der Waals surface area contributed by atoms with Crippen LogP contribution >= 0.6 is 22.6 Å². The highest BCUT2D eigenvalue weighted by molar-refractivity contribution is 14.1. The summed E-state index contributed by atoms with van der Waals surface area (Å²) in [6.07, 6.45) is 2.51. The van der Waals surface area contributed by atoms with Crippen LogP contribution in [0.25, 0.3) is 6.08 Å². The Kier molecular flexibility index (Phi) is 4.91. The standard InChI is InChI=1S/C17H15IO/c1-13-7-9-15(10-8-13)17(19)12-16(18)11-14-5-3-2-4-6-14/h2-11H,12H2,1H3/b16-11-. The molecule has 0 heterocycles. The lowest BCUT2D eigenvalue weighted by Crippen LogP contribution is -1.98. The van der Waals surface area contributed by atoms with Crippen LogP contribution in [0.3, 0.4) is 0 Å². The van der Waals surface area contributed by atoms with E-state index in [4.69, 9.17) is 0 Å². The molecule has 0 spiro atoms. The van der Waals surface area contributed by atoms with Crippen LogP contribution in [-0.2, 0) is 0 Å². The molecule has 0 radical (unpaired) electrons. The number of hydrogen-bond acceptors (Lipinski definition) is 1. The molecule has 0 amide bonds. The lowest BCUT2D eigenvalue weighted by Gasteiger charge is -2.02. The number of aryl methyl sites for hydroxylation is 1. The zero-order valence-electron chi connectivity index (χ0n) is 10.8. The summed E-state index contributed by atoms with van der Waals surface area (Å²) in [6.45, 7) is 2.02. The van der Waals surface area contributed by atoms with E-state index >= 15 is 0 Å². The van der Waals surface area contributed by atoms with Gasteiger partial charge in [-0.15, -0.1) is 0 Å². The van der Waals surface area contributed by atoms with Gasteiger partial charge in [0.15, 0.2) is 5.78 Å². The van der Waals surface area contributed by atoms with Gasteiger partial charge in [0.1, 0.15) is 0 Å². The van der Waals surface area contributed by atoms with E-state index in [1.54, 1.807) is 0 Å². The Morgan fingerprint density at radius 1 is 1.05 bits per heavy atom. The molecular weight excluding hydrogens is 347 g/mol. The number of halogens is 1. The summed E-state index contributed by atoms with van der Waals surface area (Å²) in [5.41, 5.74) is 3.08. The maximum Gasteiger partial charge on any atom is 0.167 e. The second kappa shape index (κ2) is 6.66. The Labute approximate surface area is 127 Å². The highest BCUT2D eigenvalue weighted by Gasteiger charge is 2.07. The van der Waals surface area contributed by atoms with Gasteiger partial charge in [-0.2, -0.15) is 0 Å². The van der Waals surface area contributed by atoms with E-state index in [0.29, 0.717) is 6.42 Å². The van der Waals surface area contributed by atoms with Gasteiger partial charge in [-0.25, -0.2) is 0 Å². The molecule has 19 heavy (non-hydrogen) atoms. The Morgan fingerprint density at radius 2 is 1.68 bits per heavy atom. The molecule has 0 atom stereocenters. The van der Waals surface area contributed by atoms with Crippen molar-refractivity contribution in [3.05, 3.63) is 74.9 Å². The number of carbonyl (C=O) groups is 1. The molecule has 2 aromatic rings. The normalized spacial score (nSPS) is 11.4. The van der Waals surface area contributed by atoms with Crippen LogP contribution in [-0.4, -0.2) is 5.78 Å². The molecule has 0 aliphatic carbocycles. The molecule has 0 fully saturated rings. The zero-order valence-corrected chi connectivity index (χ0v) is 12.9. The largest absolute Gasteiger partial charge is 0.294 e. The van der Waals surface area contributed by atoms with Gasteiger partial charge in [-0.3, -0.25) is 4.79 Å². The second-order valence-corrected chi connectivity index (χ2v) is 5.85. The van der Waals surface area contributed by atoms with Crippen LogP contribution in [0.5, 0.6) is 0 Å². The predicted octanol–water partition coefficient (Wildman–Crippen LogP) is 5.04. The molecule has 0 N–H and O–H groups in total. The summed E-state index contributed by atoms with van der Waals surface area (Å²) in [5.74, 6) is 0.164. The Bertz CT molecular complexity index is 582. The van der Waals surface area contributed by atoms with Crippen LogP contribution in [0.15, 0.2) is 58.2 Å². The first-order valence-electron chi connectivity index (χ1n) is 6.16. The van der Waals surface area contributed by atoms with E-state index in [-0.39, 0.29) is 5.78 Å². The molecule has 0 aliphatic rings. The number of carbonyl (C=O) groups excluding carboxylic acids is 1. The minimum absolute atomic E-state index is 0.164. The lowest BCUT2D eigenvalue weighted by molar-refractivity contribution is 0.0995. The van der Waals surface area contributed by atoms with Crippen molar-refractivity contribution in [3.63, 3.8) is 0 Å². The van der Waals surface area contributed by atoms with Gasteiger partial charge in [0.25, 0.3) is 0 Å². The molecule has 0 unspecified atom stereocenters. The smallest absolute Gasteiger partial charge is 0.167 e. The lowest BCUT2D eigenvalue weighted by atomic mass is 10.1. The van der Waals surface area contributed by atoms with Gasteiger partial charge >= 0.3 is 0 Å². The Balaban J connectivity index is 2.06. The summed E-state index contributed by atoms with van der Waals surface area (Å²) in [5, 5.41) is 0. The third kappa shape index (κ3) is 4.31. The second-order valence-electron chi connectivity index (χ2n) is 4.47. The van der Waals surface area contributed by atoms with E-state index in [1.165, 1.54) is 5.56 Å². The number of allylic oxidation sites excluding steroid dienone is 1. The number of Topliss-reactive ketones (excluding diaryl/α,β-unsaturated/α-hetero) is 1. The average Bonchev–Trinajstić information content (AvgIpc) is 2.40. The van der Waals surface area contributed by atoms with Crippen LogP contribution in [0.2, 0.25) is 0 Å². The van der Waals surface area contributed by atoms with E-state index in [1.807, 2.05) is 67.6 Å². The first-order chi connectivity index (χ1) is 9.15. The Hall–Kier alpha value is -1.42. The summed E-state index contributed by atoms with van der Waals surface area (Å²) < 4.78 is 1.05. The molecule has 0 aliphatic heterocycles. The maximum absolute atomic E-state index is 12.1. The molecule has 1 nitrogen and oxygen atoms in total. The fraction of sp³-hybridized carbons (Fsp3) is 0.118. The SMILES string of the molecule is Cc1ccc(C(=O)C/C(I)=C/c2ccccc2)cc1. The fourth-order valence-electron chi connectivity index (χ4n) is 1.78. The zero-order chi connectivity index (χ0) is 13.7. The molecule has 96 valence electrons. The predicted molar refractivity (Wildman–Crippen MR) is 88.6 cm³/mol. The minimum atomic E-state index is 0.164. The maximum atomic E-state index is 12.1. The molecular formula is C17H15IO. The van der Waals surface area contributed by atoms with Crippen LogP contribution in [0.1, 0.15) is 27.9 Å².